The molecule has 0 amide bonds. The molecule has 100 valence electrons. The van der Waals surface area contributed by atoms with Gasteiger partial charge in [0.15, 0.2) is 0 Å². The average Bonchev–Trinajstić information content (AvgIpc) is 2.89. The lowest BCUT2D eigenvalue weighted by atomic mass is 10.2. The molecule has 0 radical (unpaired) electrons. The van der Waals surface area contributed by atoms with Crippen LogP contribution < -0.4 is 10.1 Å². The Morgan fingerprint density at radius 2 is 2.33 bits per heavy atom. The summed E-state index contributed by atoms with van der Waals surface area (Å²) in [6.45, 7) is 6.34. The number of hydrogen-bond donors (Lipinski definition) is 1. The molecule has 2 heterocycles. The lowest BCUT2D eigenvalue weighted by Gasteiger charge is -2.12. The van der Waals surface area contributed by atoms with Gasteiger partial charge in [0.1, 0.15) is 18.2 Å². The Morgan fingerprint density at radius 3 is 3.00 bits per heavy atom. The van der Waals surface area contributed by atoms with E-state index in [4.69, 9.17) is 9.47 Å². The van der Waals surface area contributed by atoms with E-state index >= 15 is 0 Å². The molecule has 1 aromatic rings. The number of anilines is 1. The van der Waals surface area contributed by atoms with E-state index in [1.807, 2.05) is 19.9 Å². The van der Waals surface area contributed by atoms with E-state index in [-0.39, 0.29) is 6.10 Å². The van der Waals surface area contributed by atoms with Crippen LogP contribution in [0, 0.1) is 0 Å². The zero-order valence-corrected chi connectivity index (χ0v) is 11.1. The second-order valence-electron chi connectivity index (χ2n) is 4.34. The van der Waals surface area contributed by atoms with Gasteiger partial charge >= 0.3 is 0 Å². The van der Waals surface area contributed by atoms with Crippen molar-refractivity contribution in [1.29, 1.82) is 0 Å². The molecular weight excluding hydrogens is 230 g/mol. The van der Waals surface area contributed by atoms with Crippen molar-refractivity contribution in [2.45, 2.75) is 39.2 Å². The van der Waals surface area contributed by atoms with Crippen molar-refractivity contribution in [3.05, 3.63) is 11.9 Å². The zero-order chi connectivity index (χ0) is 12.8. The molecule has 0 aromatic carbocycles. The number of aryl methyl sites for hydroxylation is 1. The molecule has 1 aliphatic rings. The molecule has 1 saturated heterocycles. The van der Waals surface area contributed by atoms with E-state index in [0.717, 1.165) is 44.1 Å². The molecule has 0 spiro atoms. The van der Waals surface area contributed by atoms with Crippen LogP contribution in [0.3, 0.4) is 0 Å². The van der Waals surface area contributed by atoms with Crippen molar-refractivity contribution in [3.63, 3.8) is 0 Å². The predicted molar refractivity (Wildman–Crippen MR) is 70.0 cm³/mol. The fourth-order valence-corrected chi connectivity index (χ4v) is 1.93. The largest absolute Gasteiger partial charge is 0.475 e. The van der Waals surface area contributed by atoms with Gasteiger partial charge in [0.05, 0.1) is 6.10 Å². The first kappa shape index (κ1) is 13.1. The van der Waals surface area contributed by atoms with Crippen LogP contribution in [0.5, 0.6) is 5.88 Å². The zero-order valence-electron chi connectivity index (χ0n) is 11.1. The summed E-state index contributed by atoms with van der Waals surface area (Å²) < 4.78 is 11.2. The summed E-state index contributed by atoms with van der Waals surface area (Å²) in [4.78, 5) is 8.75. The van der Waals surface area contributed by atoms with E-state index in [0.29, 0.717) is 12.5 Å². The molecule has 5 heteroatoms. The van der Waals surface area contributed by atoms with Crippen LogP contribution >= 0.6 is 0 Å². The Hall–Kier alpha value is -1.36. The molecule has 1 fully saturated rings. The minimum absolute atomic E-state index is 0.215. The Labute approximate surface area is 108 Å². The maximum Gasteiger partial charge on any atom is 0.218 e. The number of nitrogens with one attached hydrogen (secondary N) is 1. The third-order valence-electron chi connectivity index (χ3n) is 2.86. The van der Waals surface area contributed by atoms with Crippen molar-refractivity contribution in [3.8, 4) is 5.88 Å². The fraction of sp³-hybridized carbons (Fsp3) is 0.692. The number of aromatic nitrogens is 2. The fourth-order valence-electron chi connectivity index (χ4n) is 1.93. The first-order valence-electron chi connectivity index (χ1n) is 6.68. The molecule has 1 aliphatic heterocycles. The molecule has 1 aromatic heterocycles. The second kappa shape index (κ2) is 6.54. The van der Waals surface area contributed by atoms with Crippen LogP contribution in [0.25, 0.3) is 0 Å². The van der Waals surface area contributed by atoms with Gasteiger partial charge in [0.2, 0.25) is 5.88 Å². The van der Waals surface area contributed by atoms with Crippen molar-refractivity contribution < 1.29 is 9.47 Å². The van der Waals surface area contributed by atoms with Crippen molar-refractivity contribution in [1.82, 2.24) is 9.97 Å². The second-order valence-corrected chi connectivity index (χ2v) is 4.34. The number of rotatable bonds is 6. The first-order valence-corrected chi connectivity index (χ1v) is 6.68. The highest BCUT2D eigenvalue weighted by Gasteiger charge is 2.16. The molecule has 0 aliphatic carbocycles. The van der Waals surface area contributed by atoms with Gasteiger partial charge in [-0.15, -0.1) is 0 Å². The van der Waals surface area contributed by atoms with Gasteiger partial charge in [0, 0.05) is 25.6 Å². The Morgan fingerprint density at radius 1 is 1.44 bits per heavy atom. The highest BCUT2D eigenvalue weighted by atomic mass is 16.5. The third kappa shape index (κ3) is 3.57. The molecule has 1 unspecified atom stereocenters. The normalized spacial score (nSPS) is 18.9. The molecular formula is C13H21N3O2. The lowest BCUT2D eigenvalue weighted by molar-refractivity contribution is 0.0662. The number of ether oxygens (including phenoxy) is 2. The summed E-state index contributed by atoms with van der Waals surface area (Å²) >= 11 is 0. The molecule has 0 bridgehead atoms. The standard InChI is InChI=1S/C13H21N3O2/c1-3-11-15-12(14-4-2)8-13(16-11)18-9-10-6-5-7-17-10/h8,10H,3-7,9H2,1-2H3,(H,14,15,16). The van der Waals surface area contributed by atoms with Gasteiger partial charge in [0.25, 0.3) is 0 Å². The molecule has 1 atom stereocenters. The van der Waals surface area contributed by atoms with E-state index in [2.05, 4.69) is 15.3 Å². The van der Waals surface area contributed by atoms with Crippen molar-refractivity contribution in [2.24, 2.45) is 0 Å². The van der Waals surface area contributed by atoms with Gasteiger partial charge in [-0.05, 0) is 19.8 Å². The van der Waals surface area contributed by atoms with E-state index in [1.165, 1.54) is 0 Å². The summed E-state index contributed by atoms with van der Waals surface area (Å²) in [6, 6.07) is 1.84. The summed E-state index contributed by atoms with van der Waals surface area (Å²) in [6.07, 6.45) is 3.22. The number of hydrogen-bond acceptors (Lipinski definition) is 5. The smallest absolute Gasteiger partial charge is 0.218 e. The first-order chi connectivity index (χ1) is 8.81. The maximum atomic E-state index is 5.70. The lowest BCUT2D eigenvalue weighted by Crippen LogP contribution is -2.17. The summed E-state index contributed by atoms with van der Waals surface area (Å²) in [5.41, 5.74) is 0. The summed E-state index contributed by atoms with van der Waals surface area (Å²) in [7, 11) is 0. The third-order valence-corrected chi connectivity index (χ3v) is 2.86. The summed E-state index contributed by atoms with van der Waals surface area (Å²) in [5.74, 6) is 2.26. The Bertz CT molecular complexity index is 378. The number of nitrogens with zero attached hydrogens (tertiary/aromatic N) is 2. The minimum atomic E-state index is 0.215. The van der Waals surface area contributed by atoms with Gasteiger partial charge in [-0.2, -0.15) is 4.98 Å². The monoisotopic (exact) mass is 251 g/mol. The van der Waals surface area contributed by atoms with E-state index in [9.17, 15) is 0 Å². The highest BCUT2D eigenvalue weighted by molar-refractivity contribution is 5.38. The predicted octanol–water partition coefficient (Wildman–Crippen LogP) is 2.03. The Kier molecular flexibility index (Phi) is 4.75. The average molecular weight is 251 g/mol. The van der Waals surface area contributed by atoms with Crippen LogP contribution in [0.4, 0.5) is 5.82 Å². The van der Waals surface area contributed by atoms with Gasteiger partial charge in [-0.1, -0.05) is 6.92 Å². The summed E-state index contributed by atoms with van der Waals surface area (Å²) in [5, 5.41) is 3.19. The van der Waals surface area contributed by atoms with Crippen LogP contribution in [-0.4, -0.2) is 35.8 Å². The molecule has 1 N–H and O–H groups in total. The van der Waals surface area contributed by atoms with Crippen molar-refractivity contribution >= 4 is 5.82 Å². The Balaban J connectivity index is 1.98. The quantitative estimate of drug-likeness (QED) is 0.838. The van der Waals surface area contributed by atoms with Crippen LogP contribution in [0.1, 0.15) is 32.5 Å². The van der Waals surface area contributed by atoms with Gasteiger partial charge in [-0.3, -0.25) is 0 Å². The minimum Gasteiger partial charge on any atom is -0.475 e. The van der Waals surface area contributed by atoms with Crippen LogP contribution in [-0.2, 0) is 11.2 Å². The topological polar surface area (TPSA) is 56.3 Å². The van der Waals surface area contributed by atoms with E-state index < -0.39 is 0 Å². The van der Waals surface area contributed by atoms with Crippen LogP contribution in [0.15, 0.2) is 6.07 Å². The van der Waals surface area contributed by atoms with Crippen molar-refractivity contribution in [2.75, 3.05) is 25.1 Å². The SMILES string of the molecule is CCNc1cc(OCC2CCCO2)nc(CC)n1. The molecule has 18 heavy (non-hydrogen) atoms. The highest BCUT2D eigenvalue weighted by Crippen LogP contribution is 2.17. The van der Waals surface area contributed by atoms with E-state index in [1.54, 1.807) is 0 Å². The maximum absolute atomic E-state index is 5.70. The van der Waals surface area contributed by atoms with Gasteiger partial charge in [-0.25, -0.2) is 4.98 Å². The molecule has 0 saturated carbocycles. The molecule has 2 rings (SSSR count). The molecule has 5 nitrogen and oxygen atoms in total. The van der Waals surface area contributed by atoms with Gasteiger partial charge < -0.3 is 14.8 Å². The van der Waals surface area contributed by atoms with Crippen LogP contribution in [0.2, 0.25) is 0 Å².